The van der Waals surface area contributed by atoms with E-state index in [0.717, 1.165) is 0 Å². The third-order valence-corrected chi connectivity index (χ3v) is 2.45. The number of pyridine rings is 1. The van der Waals surface area contributed by atoms with Crippen molar-refractivity contribution < 1.29 is 19.4 Å². The van der Waals surface area contributed by atoms with Crippen molar-refractivity contribution in [2.24, 2.45) is 0 Å². The highest BCUT2D eigenvalue weighted by atomic mass is 16.5. The van der Waals surface area contributed by atoms with Crippen LogP contribution in [0.5, 0.6) is 0 Å². The first kappa shape index (κ1) is 11.3. The summed E-state index contributed by atoms with van der Waals surface area (Å²) >= 11 is 0. The topological polar surface area (TPSA) is 73.5 Å². The lowest BCUT2D eigenvalue weighted by molar-refractivity contribution is -0.577. The first-order valence-electron chi connectivity index (χ1n) is 5.00. The molecule has 88 valence electrons. The molecular formula is C12H11NO4. The van der Waals surface area contributed by atoms with Crippen LogP contribution < -0.4 is 4.73 Å². The number of benzene rings is 1. The zero-order valence-electron chi connectivity index (χ0n) is 9.21. The minimum Gasteiger partial charge on any atom is -0.618 e. The van der Waals surface area contributed by atoms with Crippen molar-refractivity contribution in [3.63, 3.8) is 0 Å². The van der Waals surface area contributed by atoms with E-state index < -0.39 is 5.97 Å². The van der Waals surface area contributed by atoms with Crippen LogP contribution in [0.15, 0.2) is 30.5 Å². The summed E-state index contributed by atoms with van der Waals surface area (Å²) in [5.41, 5.74) is 0.874. The van der Waals surface area contributed by atoms with Gasteiger partial charge in [-0.3, -0.25) is 0 Å². The highest BCUT2D eigenvalue weighted by molar-refractivity contribution is 6.00. The number of nitrogens with zero attached hydrogens (tertiary/aromatic N) is 1. The molecular weight excluding hydrogens is 222 g/mol. The Bertz CT molecular complexity index is 580. The molecule has 1 N–H and O–H groups in total. The number of hydrogen-bond acceptors (Lipinski definition) is 3. The number of methoxy groups -OCH3 is 1. The maximum atomic E-state index is 11.8. The molecule has 1 heterocycles. The molecule has 0 saturated heterocycles. The van der Waals surface area contributed by atoms with Crippen LogP contribution in [-0.2, 0) is 11.3 Å². The van der Waals surface area contributed by atoms with Gasteiger partial charge in [-0.1, -0.05) is 6.07 Å². The van der Waals surface area contributed by atoms with E-state index in [1.165, 1.54) is 19.4 Å². The van der Waals surface area contributed by atoms with Gasteiger partial charge < -0.3 is 15.1 Å². The molecule has 2 rings (SSSR count). The number of carboxylic acid groups (broad SMARTS) is 1. The third kappa shape index (κ3) is 2.05. The Morgan fingerprint density at radius 2 is 2.29 bits per heavy atom. The number of hydrogen-bond donors (Lipinski definition) is 1. The monoisotopic (exact) mass is 233 g/mol. The fourth-order valence-corrected chi connectivity index (χ4v) is 1.79. The van der Waals surface area contributed by atoms with Crippen molar-refractivity contribution in [3.05, 3.63) is 46.8 Å². The van der Waals surface area contributed by atoms with E-state index in [4.69, 9.17) is 9.84 Å². The molecule has 0 spiro atoms. The predicted octanol–water partition coefficient (Wildman–Crippen LogP) is 1.32. The average molecular weight is 233 g/mol. The van der Waals surface area contributed by atoms with Gasteiger partial charge in [0, 0.05) is 18.1 Å². The molecule has 0 bridgehead atoms. The van der Waals surface area contributed by atoms with Crippen molar-refractivity contribution in [1.29, 1.82) is 0 Å². The van der Waals surface area contributed by atoms with Crippen LogP contribution in [0.25, 0.3) is 10.9 Å². The first-order chi connectivity index (χ1) is 8.13. The van der Waals surface area contributed by atoms with E-state index in [1.54, 1.807) is 18.2 Å². The van der Waals surface area contributed by atoms with Gasteiger partial charge in [0.05, 0.1) is 6.61 Å². The SMILES string of the molecule is COCc1cc2cccc(C(=O)O)c2[n+]([O-])c1. The van der Waals surface area contributed by atoms with E-state index in [9.17, 15) is 10.0 Å². The summed E-state index contributed by atoms with van der Waals surface area (Å²) in [6, 6.07) is 6.48. The normalized spacial score (nSPS) is 10.6. The molecule has 0 saturated carbocycles. The second-order valence-corrected chi connectivity index (χ2v) is 3.66. The summed E-state index contributed by atoms with van der Waals surface area (Å²) < 4.78 is 5.52. The largest absolute Gasteiger partial charge is 0.618 e. The molecule has 2 aromatic rings. The Balaban J connectivity index is 2.71. The van der Waals surface area contributed by atoms with Gasteiger partial charge >= 0.3 is 5.97 Å². The van der Waals surface area contributed by atoms with E-state index >= 15 is 0 Å². The van der Waals surface area contributed by atoms with E-state index in [1.807, 2.05) is 0 Å². The van der Waals surface area contributed by atoms with Gasteiger partial charge in [0.2, 0.25) is 5.52 Å². The number of carbonyl (C=O) groups is 1. The zero-order valence-corrected chi connectivity index (χ0v) is 9.21. The van der Waals surface area contributed by atoms with Crippen LogP contribution in [0.3, 0.4) is 0 Å². The van der Waals surface area contributed by atoms with Gasteiger partial charge in [-0.2, -0.15) is 4.73 Å². The molecule has 0 aliphatic heterocycles. The molecule has 1 aromatic carbocycles. The van der Waals surface area contributed by atoms with Gasteiger partial charge in [0.15, 0.2) is 6.20 Å². The van der Waals surface area contributed by atoms with Crippen LogP contribution in [0, 0.1) is 5.21 Å². The molecule has 0 aliphatic carbocycles. The first-order valence-corrected chi connectivity index (χ1v) is 5.00. The smallest absolute Gasteiger partial charge is 0.342 e. The van der Waals surface area contributed by atoms with Gasteiger partial charge in [0.1, 0.15) is 5.56 Å². The van der Waals surface area contributed by atoms with Crippen molar-refractivity contribution in [1.82, 2.24) is 0 Å². The molecule has 0 atom stereocenters. The molecule has 0 radical (unpaired) electrons. The molecule has 0 fully saturated rings. The van der Waals surface area contributed by atoms with Gasteiger partial charge in [-0.25, -0.2) is 4.79 Å². The van der Waals surface area contributed by atoms with E-state index in [-0.39, 0.29) is 11.1 Å². The molecule has 0 amide bonds. The number of fused-ring (bicyclic) bond motifs is 1. The summed E-state index contributed by atoms with van der Waals surface area (Å²) in [4.78, 5) is 11.0. The second kappa shape index (κ2) is 4.39. The summed E-state index contributed by atoms with van der Waals surface area (Å²) in [6.45, 7) is 0.315. The number of carboxylic acids is 1. The number of aromatic carboxylic acids is 1. The molecule has 17 heavy (non-hydrogen) atoms. The van der Waals surface area contributed by atoms with E-state index in [0.29, 0.717) is 22.3 Å². The van der Waals surface area contributed by atoms with Crippen LogP contribution in [0.1, 0.15) is 15.9 Å². The fourth-order valence-electron chi connectivity index (χ4n) is 1.79. The minimum absolute atomic E-state index is 0.00136. The highest BCUT2D eigenvalue weighted by Crippen LogP contribution is 2.16. The Kier molecular flexibility index (Phi) is 2.93. The summed E-state index contributed by atoms with van der Waals surface area (Å²) in [5.74, 6) is -1.11. The standard InChI is InChI=1S/C12H11NO4/c1-17-7-8-5-9-3-2-4-10(12(14)15)11(9)13(16)6-8/h2-6H,7H2,1H3,(H,14,15). The van der Waals surface area contributed by atoms with Gasteiger partial charge in [0.25, 0.3) is 0 Å². The quantitative estimate of drug-likeness (QED) is 0.641. The maximum Gasteiger partial charge on any atom is 0.342 e. The van der Waals surface area contributed by atoms with Crippen LogP contribution in [0.4, 0.5) is 0 Å². The molecule has 5 heteroatoms. The lowest BCUT2D eigenvalue weighted by Gasteiger charge is -2.06. The Morgan fingerprint density at radius 3 is 2.94 bits per heavy atom. The van der Waals surface area contributed by atoms with Crippen LogP contribution in [0.2, 0.25) is 0 Å². The van der Waals surface area contributed by atoms with Crippen LogP contribution >= 0.6 is 0 Å². The van der Waals surface area contributed by atoms with Crippen molar-refractivity contribution in [3.8, 4) is 0 Å². The van der Waals surface area contributed by atoms with Crippen LogP contribution in [-0.4, -0.2) is 18.2 Å². The Morgan fingerprint density at radius 1 is 1.53 bits per heavy atom. The third-order valence-electron chi connectivity index (χ3n) is 2.45. The van der Waals surface area contributed by atoms with Gasteiger partial charge in [-0.05, 0) is 18.2 Å². The molecule has 5 nitrogen and oxygen atoms in total. The Labute approximate surface area is 97.5 Å². The molecule has 0 aliphatic rings. The highest BCUT2D eigenvalue weighted by Gasteiger charge is 2.16. The van der Waals surface area contributed by atoms with Crippen molar-refractivity contribution >= 4 is 16.9 Å². The summed E-state index contributed by atoms with van der Waals surface area (Å²) in [7, 11) is 1.53. The van der Waals surface area contributed by atoms with Crippen molar-refractivity contribution in [2.75, 3.05) is 7.11 Å². The lowest BCUT2D eigenvalue weighted by atomic mass is 10.1. The lowest BCUT2D eigenvalue weighted by Crippen LogP contribution is -2.29. The predicted molar refractivity (Wildman–Crippen MR) is 60.6 cm³/mol. The summed E-state index contributed by atoms with van der Waals surface area (Å²) in [5, 5.41) is 21.4. The number of rotatable bonds is 3. The average Bonchev–Trinajstić information content (AvgIpc) is 2.28. The number of aromatic nitrogens is 1. The van der Waals surface area contributed by atoms with Gasteiger partial charge in [-0.15, -0.1) is 0 Å². The molecule has 0 unspecified atom stereocenters. The minimum atomic E-state index is -1.11. The van der Waals surface area contributed by atoms with E-state index in [2.05, 4.69) is 0 Å². The fraction of sp³-hybridized carbons (Fsp3) is 0.167. The number of ether oxygens (including phenoxy) is 1. The summed E-state index contributed by atoms with van der Waals surface area (Å²) in [6.07, 6.45) is 1.33. The zero-order chi connectivity index (χ0) is 12.4. The number of para-hydroxylation sites is 1. The maximum absolute atomic E-state index is 11.8. The second-order valence-electron chi connectivity index (χ2n) is 3.66. The van der Waals surface area contributed by atoms with Crippen molar-refractivity contribution in [2.45, 2.75) is 6.61 Å². The Hall–Kier alpha value is -2.14. The molecule has 1 aromatic heterocycles.